The predicted octanol–water partition coefficient (Wildman–Crippen LogP) is 3.77. The van der Waals surface area contributed by atoms with E-state index in [1.165, 1.54) is 23.5 Å². The summed E-state index contributed by atoms with van der Waals surface area (Å²) in [6.07, 6.45) is 1.81. The van der Waals surface area contributed by atoms with Gasteiger partial charge in [0.05, 0.1) is 10.6 Å². The van der Waals surface area contributed by atoms with Crippen molar-refractivity contribution in [2.75, 3.05) is 19.6 Å². The van der Waals surface area contributed by atoms with Crippen LogP contribution in [0.15, 0.2) is 41.8 Å². The summed E-state index contributed by atoms with van der Waals surface area (Å²) in [5.41, 5.74) is 0.668. The molecule has 3 aromatic rings. The Morgan fingerprint density at radius 2 is 2.14 bits per heavy atom. The van der Waals surface area contributed by atoms with Crippen molar-refractivity contribution < 1.29 is 9.18 Å². The Balaban J connectivity index is 0.00000240. The van der Waals surface area contributed by atoms with E-state index in [-0.39, 0.29) is 36.0 Å². The Bertz CT molecular complexity index is 938. The van der Waals surface area contributed by atoms with Crippen LogP contribution in [0.3, 0.4) is 0 Å². The average molecular weight is 436 g/mol. The Kier molecular flexibility index (Phi) is 7.00. The minimum atomic E-state index is -0.319. The molecule has 3 heterocycles. The van der Waals surface area contributed by atoms with Crippen molar-refractivity contribution in [3.63, 3.8) is 0 Å². The van der Waals surface area contributed by atoms with Crippen LogP contribution in [0.5, 0.6) is 0 Å². The van der Waals surface area contributed by atoms with E-state index in [2.05, 4.69) is 22.3 Å². The van der Waals surface area contributed by atoms with Crippen LogP contribution in [0.4, 0.5) is 4.39 Å². The number of nitrogens with zero attached hydrogens (tertiary/aromatic N) is 4. The second kappa shape index (κ2) is 9.47. The molecule has 1 amide bonds. The molecule has 6 nitrogen and oxygen atoms in total. The average Bonchev–Trinajstić information content (AvgIpc) is 3.47. The van der Waals surface area contributed by atoms with Crippen LogP contribution in [0.1, 0.15) is 30.4 Å². The number of aromatic nitrogens is 3. The number of carbonyl (C=O) groups is 1. The summed E-state index contributed by atoms with van der Waals surface area (Å²) < 4.78 is 15.0. The third-order valence-electron chi connectivity index (χ3n) is 4.81. The van der Waals surface area contributed by atoms with E-state index < -0.39 is 0 Å². The molecule has 0 bridgehead atoms. The summed E-state index contributed by atoms with van der Waals surface area (Å²) in [4.78, 5) is 20.6. The van der Waals surface area contributed by atoms with E-state index in [0.29, 0.717) is 18.1 Å². The number of halogens is 2. The van der Waals surface area contributed by atoms with Crippen LogP contribution >= 0.6 is 23.7 Å². The quantitative estimate of drug-likeness (QED) is 0.640. The molecule has 0 radical (unpaired) electrons. The van der Waals surface area contributed by atoms with Crippen molar-refractivity contribution in [3.05, 3.63) is 53.4 Å². The van der Waals surface area contributed by atoms with E-state index in [4.69, 9.17) is 0 Å². The SMILES string of the molecule is CCCN(C(=O)c1nc(-c2cccs2)n(-c2ccc(F)cc2)n1)C1CCNC1.Cl. The Morgan fingerprint density at radius 1 is 1.34 bits per heavy atom. The third-order valence-corrected chi connectivity index (χ3v) is 5.68. The van der Waals surface area contributed by atoms with Crippen LogP contribution in [-0.2, 0) is 0 Å². The largest absolute Gasteiger partial charge is 0.332 e. The fraction of sp³-hybridized carbons (Fsp3) is 0.350. The van der Waals surface area contributed by atoms with Crippen LogP contribution < -0.4 is 5.32 Å². The molecular formula is C20H23ClFN5OS. The minimum absolute atomic E-state index is 0. The Labute approximate surface area is 179 Å². The van der Waals surface area contributed by atoms with Crippen LogP contribution in [0.25, 0.3) is 16.4 Å². The van der Waals surface area contributed by atoms with Crippen LogP contribution in [0, 0.1) is 5.82 Å². The van der Waals surface area contributed by atoms with Gasteiger partial charge in [-0.3, -0.25) is 4.79 Å². The first kappa shape index (κ1) is 21.4. The predicted molar refractivity (Wildman–Crippen MR) is 114 cm³/mol. The number of nitrogens with one attached hydrogen (secondary N) is 1. The van der Waals surface area contributed by atoms with Crippen LogP contribution in [0.2, 0.25) is 0 Å². The smallest absolute Gasteiger partial charge is 0.293 e. The molecule has 1 atom stereocenters. The van der Waals surface area contributed by atoms with Crippen LogP contribution in [-0.4, -0.2) is 51.2 Å². The number of hydrogen-bond acceptors (Lipinski definition) is 5. The number of thiophene rings is 1. The van der Waals surface area contributed by atoms with Gasteiger partial charge in [0.1, 0.15) is 5.82 Å². The summed E-state index contributed by atoms with van der Waals surface area (Å²) in [5, 5.41) is 9.79. The zero-order chi connectivity index (χ0) is 19.5. The van der Waals surface area contributed by atoms with Gasteiger partial charge < -0.3 is 10.2 Å². The molecule has 1 unspecified atom stereocenters. The lowest BCUT2D eigenvalue weighted by Crippen LogP contribution is -2.42. The highest BCUT2D eigenvalue weighted by molar-refractivity contribution is 7.13. The van der Waals surface area contributed by atoms with Crippen molar-refractivity contribution in [3.8, 4) is 16.4 Å². The van der Waals surface area contributed by atoms with Gasteiger partial charge in [0.25, 0.3) is 5.91 Å². The van der Waals surface area contributed by atoms with Crippen molar-refractivity contribution in [2.24, 2.45) is 0 Å². The molecule has 1 N–H and O–H groups in total. The molecule has 29 heavy (non-hydrogen) atoms. The van der Waals surface area contributed by atoms with Crippen molar-refractivity contribution in [1.29, 1.82) is 0 Å². The molecule has 1 aliphatic heterocycles. The normalized spacial score (nSPS) is 15.9. The van der Waals surface area contributed by atoms with Gasteiger partial charge in [-0.05, 0) is 55.1 Å². The maximum atomic E-state index is 13.4. The van der Waals surface area contributed by atoms with E-state index in [9.17, 15) is 9.18 Å². The zero-order valence-corrected chi connectivity index (χ0v) is 17.7. The summed E-state index contributed by atoms with van der Waals surface area (Å²) in [6, 6.07) is 10.1. The molecular weight excluding hydrogens is 413 g/mol. The van der Waals surface area contributed by atoms with Gasteiger partial charge in [0.2, 0.25) is 5.82 Å². The molecule has 2 aromatic heterocycles. The second-order valence-corrected chi connectivity index (χ2v) is 7.72. The molecule has 1 saturated heterocycles. The van der Waals surface area contributed by atoms with Crippen molar-refractivity contribution in [2.45, 2.75) is 25.8 Å². The van der Waals surface area contributed by atoms with E-state index >= 15 is 0 Å². The molecule has 1 aromatic carbocycles. The zero-order valence-electron chi connectivity index (χ0n) is 16.0. The van der Waals surface area contributed by atoms with Gasteiger partial charge in [0.15, 0.2) is 5.82 Å². The summed E-state index contributed by atoms with van der Waals surface area (Å²) in [5.74, 6) is 0.286. The lowest BCUT2D eigenvalue weighted by Gasteiger charge is -2.26. The number of carbonyl (C=O) groups excluding carboxylic acids is 1. The first-order chi connectivity index (χ1) is 13.7. The van der Waals surface area contributed by atoms with E-state index in [1.807, 2.05) is 22.4 Å². The fourth-order valence-electron chi connectivity index (χ4n) is 3.46. The molecule has 0 spiro atoms. The number of benzene rings is 1. The van der Waals surface area contributed by atoms with Gasteiger partial charge in [-0.15, -0.1) is 28.8 Å². The lowest BCUT2D eigenvalue weighted by atomic mass is 10.2. The fourth-order valence-corrected chi connectivity index (χ4v) is 4.15. The second-order valence-electron chi connectivity index (χ2n) is 6.77. The number of hydrogen-bond donors (Lipinski definition) is 1. The van der Waals surface area contributed by atoms with Gasteiger partial charge >= 0.3 is 0 Å². The number of amides is 1. The molecule has 4 rings (SSSR count). The van der Waals surface area contributed by atoms with Crippen molar-refractivity contribution >= 4 is 29.7 Å². The highest BCUT2D eigenvalue weighted by Gasteiger charge is 2.30. The summed E-state index contributed by atoms with van der Waals surface area (Å²) in [7, 11) is 0. The minimum Gasteiger partial charge on any atom is -0.332 e. The maximum Gasteiger partial charge on any atom is 0.293 e. The molecule has 9 heteroatoms. The molecule has 1 fully saturated rings. The molecule has 0 aliphatic carbocycles. The molecule has 0 saturated carbocycles. The first-order valence-electron chi connectivity index (χ1n) is 9.46. The standard InChI is InChI=1S/C20H22FN5OS.ClH/c1-2-11-25(16-9-10-22-13-16)20(27)18-23-19(17-4-3-12-28-17)26(24-18)15-7-5-14(21)6-8-15;/h3-8,12,16,22H,2,9-11,13H2,1H3;1H. The lowest BCUT2D eigenvalue weighted by molar-refractivity contribution is 0.0679. The highest BCUT2D eigenvalue weighted by atomic mass is 35.5. The van der Waals surface area contributed by atoms with Gasteiger partial charge in [-0.2, -0.15) is 0 Å². The Hall–Kier alpha value is -2.29. The van der Waals surface area contributed by atoms with Gasteiger partial charge in [-0.25, -0.2) is 14.1 Å². The topological polar surface area (TPSA) is 63.1 Å². The van der Waals surface area contributed by atoms with Gasteiger partial charge in [0, 0.05) is 19.1 Å². The molecule has 154 valence electrons. The number of rotatable bonds is 6. The maximum absolute atomic E-state index is 13.4. The van der Waals surface area contributed by atoms with E-state index in [1.54, 1.807) is 16.8 Å². The van der Waals surface area contributed by atoms with Crippen molar-refractivity contribution in [1.82, 2.24) is 25.0 Å². The third kappa shape index (κ3) is 4.49. The Morgan fingerprint density at radius 3 is 2.76 bits per heavy atom. The monoisotopic (exact) mass is 435 g/mol. The first-order valence-corrected chi connectivity index (χ1v) is 10.3. The summed E-state index contributed by atoms with van der Waals surface area (Å²) >= 11 is 1.52. The molecule has 1 aliphatic rings. The van der Waals surface area contributed by atoms with Gasteiger partial charge in [-0.1, -0.05) is 13.0 Å². The summed E-state index contributed by atoms with van der Waals surface area (Å²) in [6.45, 7) is 4.44. The van der Waals surface area contributed by atoms with E-state index in [0.717, 1.165) is 30.8 Å². The highest BCUT2D eigenvalue weighted by Crippen LogP contribution is 2.26.